The topological polar surface area (TPSA) is 70.9 Å². The van der Waals surface area contributed by atoms with Gasteiger partial charge in [0.2, 0.25) is 10.0 Å². The number of quaternary nitrogens is 1. The second-order valence-electron chi connectivity index (χ2n) is 8.82. The Kier molecular flexibility index (Phi) is 6.78. The monoisotopic (exact) mass is 408 g/mol. The molecule has 1 unspecified atom stereocenters. The second kappa shape index (κ2) is 8.93. The molecule has 2 saturated heterocycles. The molecule has 3 rings (SSSR count). The van der Waals surface area contributed by atoms with Gasteiger partial charge in [0.15, 0.2) is 6.54 Å². The zero-order chi connectivity index (χ0) is 20.3. The van der Waals surface area contributed by atoms with Crippen molar-refractivity contribution in [1.82, 2.24) is 4.31 Å². The minimum atomic E-state index is -3.49. The lowest BCUT2D eigenvalue weighted by molar-refractivity contribution is -0.920. The normalized spacial score (nSPS) is 29.4. The van der Waals surface area contributed by atoms with Crippen molar-refractivity contribution in [2.45, 2.75) is 57.4 Å². The van der Waals surface area contributed by atoms with Crippen molar-refractivity contribution >= 4 is 21.6 Å². The van der Waals surface area contributed by atoms with Gasteiger partial charge >= 0.3 is 0 Å². The Morgan fingerprint density at radius 3 is 2.36 bits per heavy atom. The molecule has 0 saturated carbocycles. The van der Waals surface area contributed by atoms with Gasteiger partial charge < -0.3 is 10.2 Å². The fourth-order valence-electron chi connectivity index (χ4n) is 4.59. The lowest BCUT2D eigenvalue weighted by Gasteiger charge is -2.34. The Morgan fingerprint density at radius 2 is 1.75 bits per heavy atom. The van der Waals surface area contributed by atoms with Crippen LogP contribution >= 0.6 is 0 Å². The van der Waals surface area contributed by atoms with Crippen LogP contribution in [0.25, 0.3) is 0 Å². The number of sulfonamides is 1. The van der Waals surface area contributed by atoms with E-state index in [2.05, 4.69) is 26.1 Å². The predicted molar refractivity (Wildman–Crippen MR) is 111 cm³/mol. The molecule has 2 N–H and O–H groups in total. The average molecular weight is 409 g/mol. The van der Waals surface area contributed by atoms with Gasteiger partial charge in [-0.25, -0.2) is 8.42 Å². The molecule has 2 aliphatic rings. The highest BCUT2D eigenvalue weighted by Gasteiger charge is 2.31. The van der Waals surface area contributed by atoms with Gasteiger partial charge in [-0.15, -0.1) is 0 Å². The summed E-state index contributed by atoms with van der Waals surface area (Å²) in [5, 5.41) is 2.91. The molecule has 0 aromatic heterocycles. The molecule has 2 fully saturated rings. The van der Waals surface area contributed by atoms with E-state index in [-0.39, 0.29) is 5.91 Å². The van der Waals surface area contributed by atoms with E-state index in [1.54, 1.807) is 28.6 Å². The molecule has 7 heteroatoms. The molecule has 2 heterocycles. The Labute approximate surface area is 169 Å². The molecule has 28 heavy (non-hydrogen) atoms. The molecular formula is C21H34N3O3S+. The van der Waals surface area contributed by atoms with Gasteiger partial charge in [0, 0.05) is 18.8 Å². The molecule has 0 radical (unpaired) electrons. The van der Waals surface area contributed by atoms with E-state index in [1.165, 1.54) is 24.2 Å². The smallest absolute Gasteiger partial charge is 0.279 e. The third-order valence-electron chi connectivity index (χ3n) is 6.08. The van der Waals surface area contributed by atoms with E-state index < -0.39 is 10.0 Å². The lowest BCUT2D eigenvalue weighted by atomic mass is 9.94. The summed E-state index contributed by atoms with van der Waals surface area (Å²) in [5.74, 6) is 0.728. The number of anilines is 1. The molecule has 0 aliphatic carbocycles. The number of carbonyl (C=O) groups is 1. The fraction of sp³-hybridized carbons (Fsp3) is 0.667. The lowest BCUT2D eigenvalue weighted by Crippen LogP contribution is -3.17. The van der Waals surface area contributed by atoms with Gasteiger partial charge in [0.25, 0.3) is 5.91 Å². The van der Waals surface area contributed by atoms with Crippen LogP contribution in [0.5, 0.6) is 0 Å². The molecule has 4 atom stereocenters. The van der Waals surface area contributed by atoms with Crippen molar-refractivity contribution < 1.29 is 18.1 Å². The number of likely N-dealkylation sites (tertiary alicyclic amines) is 1. The van der Waals surface area contributed by atoms with Crippen molar-refractivity contribution in [2.24, 2.45) is 11.8 Å². The van der Waals surface area contributed by atoms with Gasteiger partial charge in [0.05, 0.1) is 17.5 Å². The third kappa shape index (κ3) is 5.13. The molecule has 1 amide bonds. The van der Waals surface area contributed by atoms with Crippen LogP contribution in [0.4, 0.5) is 5.69 Å². The number of hydrogen-bond donors (Lipinski definition) is 2. The van der Waals surface area contributed by atoms with E-state index in [0.29, 0.717) is 48.1 Å². The maximum absolute atomic E-state index is 12.9. The highest BCUT2D eigenvalue weighted by molar-refractivity contribution is 7.89. The Bertz CT molecular complexity index is 769. The summed E-state index contributed by atoms with van der Waals surface area (Å²) < 4.78 is 27.5. The van der Waals surface area contributed by atoms with Crippen molar-refractivity contribution in [3.63, 3.8) is 0 Å². The van der Waals surface area contributed by atoms with E-state index in [9.17, 15) is 13.2 Å². The Hall–Kier alpha value is -1.44. The minimum absolute atomic E-state index is 0.0157. The van der Waals surface area contributed by atoms with Gasteiger partial charge in [0.1, 0.15) is 0 Å². The molecule has 1 aromatic rings. The zero-order valence-corrected chi connectivity index (χ0v) is 18.1. The summed E-state index contributed by atoms with van der Waals surface area (Å²) in [5.41, 5.74) is 0.647. The first-order chi connectivity index (χ1) is 13.3. The first-order valence-corrected chi connectivity index (χ1v) is 11.9. The summed E-state index contributed by atoms with van der Waals surface area (Å²) in [6.07, 6.45) is 4.65. The summed E-state index contributed by atoms with van der Waals surface area (Å²) in [6, 6.07) is 7.10. The maximum Gasteiger partial charge on any atom is 0.279 e. The number of nitrogens with zero attached hydrogens (tertiary/aromatic N) is 1. The Morgan fingerprint density at radius 1 is 1.11 bits per heavy atom. The van der Waals surface area contributed by atoms with Gasteiger partial charge in [-0.1, -0.05) is 13.8 Å². The molecule has 0 bridgehead atoms. The molecule has 2 aliphatic heterocycles. The highest BCUT2D eigenvalue weighted by atomic mass is 32.2. The van der Waals surface area contributed by atoms with Gasteiger partial charge in [-0.05, 0) is 68.7 Å². The average Bonchev–Trinajstić information content (AvgIpc) is 2.63. The Balaban J connectivity index is 1.62. The fourth-order valence-corrected chi connectivity index (χ4v) is 6.27. The number of carbonyl (C=O) groups excluding carboxylic acids is 1. The van der Waals surface area contributed by atoms with E-state index in [1.807, 2.05) is 0 Å². The third-order valence-corrected chi connectivity index (χ3v) is 7.93. The number of nitrogens with one attached hydrogen (secondary N) is 2. The number of amides is 1. The van der Waals surface area contributed by atoms with Crippen LogP contribution in [0, 0.1) is 11.8 Å². The molecular weight excluding hydrogens is 374 g/mol. The summed E-state index contributed by atoms with van der Waals surface area (Å²) >= 11 is 0. The van der Waals surface area contributed by atoms with Crippen molar-refractivity contribution in [1.29, 1.82) is 0 Å². The first kappa shape index (κ1) is 21.3. The van der Waals surface area contributed by atoms with Crippen molar-refractivity contribution in [2.75, 3.05) is 31.5 Å². The van der Waals surface area contributed by atoms with Crippen molar-refractivity contribution in [3.05, 3.63) is 24.3 Å². The zero-order valence-electron chi connectivity index (χ0n) is 17.3. The number of rotatable bonds is 5. The van der Waals surface area contributed by atoms with E-state index >= 15 is 0 Å². The summed E-state index contributed by atoms with van der Waals surface area (Å²) in [6.45, 7) is 9.04. The summed E-state index contributed by atoms with van der Waals surface area (Å²) in [4.78, 5) is 14.0. The second-order valence-corrected chi connectivity index (χ2v) is 10.8. The van der Waals surface area contributed by atoms with Crippen LogP contribution in [0.15, 0.2) is 29.2 Å². The minimum Gasteiger partial charge on any atom is -0.325 e. The molecule has 1 aromatic carbocycles. The quantitative estimate of drug-likeness (QED) is 0.780. The predicted octanol–water partition coefficient (Wildman–Crippen LogP) is 1.75. The van der Waals surface area contributed by atoms with E-state index in [4.69, 9.17) is 0 Å². The maximum atomic E-state index is 12.9. The highest BCUT2D eigenvalue weighted by Crippen LogP contribution is 2.27. The molecule has 0 spiro atoms. The summed E-state index contributed by atoms with van der Waals surface area (Å²) in [7, 11) is -3.49. The van der Waals surface area contributed by atoms with Crippen LogP contribution in [0.2, 0.25) is 0 Å². The van der Waals surface area contributed by atoms with Gasteiger partial charge in [-0.2, -0.15) is 4.31 Å². The van der Waals surface area contributed by atoms with Crippen LogP contribution in [0.1, 0.15) is 46.5 Å². The first-order valence-electron chi connectivity index (χ1n) is 10.5. The largest absolute Gasteiger partial charge is 0.325 e. The standard InChI is InChI=1S/C21H33N3O3S/c1-16-12-17(2)14-24(13-16)28(26,27)20-9-7-19(8-10-20)22-21(25)15-23-11-5-4-6-18(23)3/h7-10,16-18H,4-6,11-15H2,1-3H3,(H,22,25)/p+1/t16-,17+,18-/m0/s1. The van der Waals surface area contributed by atoms with Crippen LogP contribution in [0.3, 0.4) is 0 Å². The van der Waals surface area contributed by atoms with Crippen LogP contribution < -0.4 is 10.2 Å². The SMILES string of the molecule is C[C@@H]1C[C@H](C)CN(S(=O)(=O)c2ccc(NC(=O)C[NH+]3CCCC[C@@H]3C)cc2)C1. The van der Waals surface area contributed by atoms with Crippen LogP contribution in [-0.2, 0) is 14.8 Å². The van der Waals surface area contributed by atoms with Crippen molar-refractivity contribution in [3.8, 4) is 0 Å². The molecule has 156 valence electrons. The molecule has 6 nitrogen and oxygen atoms in total. The van der Waals surface area contributed by atoms with Crippen LogP contribution in [-0.4, -0.2) is 50.9 Å². The van der Waals surface area contributed by atoms with Gasteiger partial charge in [-0.3, -0.25) is 4.79 Å². The number of hydrogen-bond acceptors (Lipinski definition) is 3. The number of benzene rings is 1. The number of piperidine rings is 2. The van der Waals surface area contributed by atoms with E-state index in [0.717, 1.165) is 13.0 Å².